The number of nitrogens with one attached hydrogen (secondary N) is 1. The number of anilines is 1. The lowest BCUT2D eigenvalue weighted by molar-refractivity contribution is -0.127. The fourth-order valence-corrected chi connectivity index (χ4v) is 3.37. The number of aromatic nitrogens is 4. The van der Waals surface area contributed by atoms with Crippen LogP contribution in [0.15, 0.2) is 42.5 Å². The number of rotatable bonds is 8. The Morgan fingerprint density at radius 3 is 2.34 bits per heavy atom. The van der Waals surface area contributed by atoms with Crippen LogP contribution in [0.1, 0.15) is 27.7 Å². The van der Waals surface area contributed by atoms with E-state index in [2.05, 4.69) is 20.7 Å². The molecule has 0 aliphatic heterocycles. The number of carbonyl (C=O) groups is 2. The maximum atomic E-state index is 13.5. The molecule has 0 spiro atoms. The molecule has 1 heterocycles. The number of hydrogen-bond donors (Lipinski definition) is 1. The molecule has 0 aliphatic rings. The predicted molar refractivity (Wildman–Crippen MR) is 128 cm³/mol. The van der Waals surface area contributed by atoms with Crippen LogP contribution in [-0.2, 0) is 16.1 Å². The summed E-state index contributed by atoms with van der Waals surface area (Å²) < 4.78 is 24.1. The summed E-state index contributed by atoms with van der Waals surface area (Å²) in [5.41, 5.74) is 0.493. The lowest BCUT2D eigenvalue weighted by Gasteiger charge is -2.31. The average Bonchev–Trinajstić information content (AvgIpc) is 3.27. The summed E-state index contributed by atoms with van der Waals surface area (Å²) in [4.78, 5) is 28.6. The SMILES string of the molecule is COc1ccc(-c2nnn(CC(=O)N(c3ccc(F)cc3)C(C)C(=O)NC(C)(C)C)n2)cc1OC. The van der Waals surface area contributed by atoms with Gasteiger partial charge in [0.15, 0.2) is 11.5 Å². The first-order chi connectivity index (χ1) is 16.5. The van der Waals surface area contributed by atoms with Gasteiger partial charge in [0.05, 0.1) is 14.2 Å². The summed E-state index contributed by atoms with van der Waals surface area (Å²) in [6.07, 6.45) is 0. The summed E-state index contributed by atoms with van der Waals surface area (Å²) in [6.45, 7) is 6.85. The molecule has 10 nitrogen and oxygen atoms in total. The highest BCUT2D eigenvalue weighted by Gasteiger charge is 2.30. The number of amides is 2. The summed E-state index contributed by atoms with van der Waals surface area (Å²) in [6, 6.07) is 9.63. The van der Waals surface area contributed by atoms with Crippen molar-refractivity contribution < 1.29 is 23.5 Å². The smallest absolute Gasteiger partial charge is 0.251 e. The molecule has 186 valence electrons. The van der Waals surface area contributed by atoms with Crippen LogP contribution in [0.3, 0.4) is 0 Å². The molecule has 0 bridgehead atoms. The van der Waals surface area contributed by atoms with Crippen molar-refractivity contribution in [1.82, 2.24) is 25.5 Å². The van der Waals surface area contributed by atoms with Crippen molar-refractivity contribution in [2.75, 3.05) is 19.1 Å². The van der Waals surface area contributed by atoms with E-state index in [-0.39, 0.29) is 18.3 Å². The van der Waals surface area contributed by atoms with Gasteiger partial charge in [-0.3, -0.25) is 14.5 Å². The molecule has 1 atom stereocenters. The van der Waals surface area contributed by atoms with E-state index in [0.29, 0.717) is 22.7 Å². The Kier molecular flexibility index (Phi) is 7.68. The summed E-state index contributed by atoms with van der Waals surface area (Å²) >= 11 is 0. The van der Waals surface area contributed by atoms with Crippen molar-refractivity contribution in [2.24, 2.45) is 0 Å². The number of hydrogen-bond acceptors (Lipinski definition) is 7. The van der Waals surface area contributed by atoms with E-state index in [9.17, 15) is 14.0 Å². The van der Waals surface area contributed by atoms with Crippen LogP contribution in [-0.4, -0.2) is 57.8 Å². The van der Waals surface area contributed by atoms with E-state index in [1.807, 2.05) is 20.8 Å². The van der Waals surface area contributed by atoms with Crippen LogP contribution >= 0.6 is 0 Å². The van der Waals surface area contributed by atoms with Gasteiger partial charge in [-0.1, -0.05) is 0 Å². The van der Waals surface area contributed by atoms with E-state index >= 15 is 0 Å². The van der Waals surface area contributed by atoms with Gasteiger partial charge in [0.1, 0.15) is 18.4 Å². The number of halogens is 1. The van der Waals surface area contributed by atoms with Crippen LogP contribution in [0.2, 0.25) is 0 Å². The number of methoxy groups -OCH3 is 2. The maximum Gasteiger partial charge on any atom is 0.251 e. The molecule has 0 aliphatic carbocycles. The molecule has 0 saturated heterocycles. The number of benzene rings is 2. The minimum atomic E-state index is -0.874. The lowest BCUT2D eigenvalue weighted by atomic mass is 10.1. The second-order valence-electron chi connectivity index (χ2n) is 8.87. The zero-order valence-electron chi connectivity index (χ0n) is 20.6. The molecule has 0 fully saturated rings. The van der Waals surface area contributed by atoms with Gasteiger partial charge in [0.2, 0.25) is 11.7 Å². The van der Waals surface area contributed by atoms with E-state index in [0.717, 1.165) is 4.80 Å². The molecular formula is C24H29FN6O4. The highest BCUT2D eigenvalue weighted by atomic mass is 19.1. The first-order valence-electron chi connectivity index (χ1n) is 10.9. The normalized spacial score (nSPS) is 12.1. The molecule has 0 radical (unpaired) electrons. The molecule has 1 unspecified atom stereocenters. The summed E-state index contributed by atoms with van der Waals surface area (Å²) in [7, 11) is 3.05. The van der Waals surface area contributed by atoms with Gasteiger partial charge in [-0.05, 0) is 75.4 Å². The standard InChI is InChI=1S/C24H29FN6O4/c1-15(23(33)26-24(2,3)4)31(18-10-8-17(25)9-11-18)21(32)14-30-28-22(27-29-30)16-7-12-19(34-5)20(13-16)35-6/h7-13,15H,14H2,1-6H3,(H,26,33). The highest BCUT2D eigenvalue weighted by Crippen LogP contribution is 2.30. The lowest BCUT2D eigenvalue weighted by Crippen LogP contribution is -2.53. The Morgan fingerprint density at radius 1 is 1.09 bits per heavy atom. The van der Waals surface area contributed by atoms with Crippen molar-refractivity contribution in [1.29, 1.82) is 0 Å². The second kappa shape index (κ2) is 10.5. The van der Waals surface area contributed by atoms with E-state index in [1.54, 1.807) is 25.1 Å². The average molecular weight is 485 g/mol. The van der Waals surface area contributed by atoms with Crippen LogP contribution in [0, 0.1) is 5.82 Å². The first-order valence-corrected chi connectivity index (χ1v) is 10.9. The van der Waals surface area contributed by atoms with Crippen molar-refractivity contribution in [3.63, 3.8) is 0 Å². The topological polar surface area (TPSA) is 111 Å². The molecule has 1 aromatic heterocycles. The third kappa shape index (κ3) is 6.31. The molecule has 3 aromatic rings. The Morgan fingerprint density at radius 2 is 1.74 bits per heavy atom. The number of carbonyl (C=O) groups excluding carboxylic acids is 2. The van der Waals surface area contributed by atoms with E-state index in [4.69, 9.17) is 9.47 Å². The molecule has 1 N–H and O–H groups in total. The van der Waals surface area contributed by atoms with E-state index < -0.39 is 23.3 Å². The number of tetrazole rings is 1. The van der Waals surface area contributed by atoms with Gasteiger partial charge in [-0.2, -0.15) is 4.80 Å². The largest absolute Gasteiger partial charge is 0.493 e. The zero-order chi connectivity index (χ0) is 25.8. The molecule has 3 rings (SSSR count). The minimum Gasteiger partial charge on any atom is -0.493 e. The Hall–Kier alpha value is -4.02. The monoisotopic (exact) mass is 484 g/mol. The van der Waals surface area contributed by atoms with Gasteiger partial charge < -0.3 is 14.8 Å². The van der Waals surface area contributed by atoms with Crippen LogP contribution in [0.5, 0.6) is 11.5 Å². The van der Waals surface area contributed by atoms with Gasteiger partial charge in [-0.15, -0.1) is 10.2 Å². The summed E-state index contributed by atoms with van der Waals surface area (Å²) in [5.74, 6) is 0.0584. The third-order valence-electron chi connectivity index (χ3n) is 5.01. The van der Waals surface area contributed by atoms with Crippen molar-refractivity contribution in [2.45, 2.75) is 45.8 Å². The molecule has 35 heavy (non-hydrogen) atoms. The van der Waals surface area contributed by atoms with Crippen LogP contribution in [0.25, 0.3) is 11.4 Å². The fraction of sp³-hybridized carbons (Fsp3) is 0.375. The number of nitrogens with zero attached hydrogens (tertiary/aromatic N) is 5. The minimum absolute atomic E-state index is 0.283. The Bertz CT molecular complexity index is 1190. The van der Waals surface area contributed by atoms with Crippen LogP contribution < -0.4 is 19.7 Å². The number of ether oxygens (including phenoxy) is 2. The maximum absolute atomic E-state index is 13.5. The van der Waals surface area contributed by atoms with Crippen molar-refractivity contribution in [3.8, 4) is 22.9 Å². The molecule has 2 amide bonds. The van der Waals surface area contributed by atoms with E-state index in [1.165, 1.54) is 43.4 Å². The summed E-state index contributed by atoms with van der Waals surface area (Å²) in [5, 5.41) is 15.2. The van der Waals surface area contributed by atoms with Crippen LogP contribution in [0.4, 0.5) is 10.1 Å². The molecular weight excluding hydrogens is 455 g/mol. The Labute approximate surface area is 203 Å². The fourth-order valence-electron chi connectivity index (χ4n) is 3.37. The molecule has 0 saturated carbocycles. The molecule has 2 aromatic carbocycles. The highest BCUT2D eigenvalue weighted by molar-refractivity contribution is 6.00. The first kappa shape index (κ1) is 25.6. The molecule has 11 heteroatoms. The predicted octanol–water partition coefficient (Wildman–Crippen LogP) is 2.83. The van der Waals surface area contributed by atoms with Crippen molar-refractivity contribution >= 4 is 17.5 Å². The zero-order valence-corrected chi connectivity index (χ0v) is 20.6. The van der Waals surface area contributed by atoms with Gasteiger partial charge >= 0.3 is 0 Å². The van der Waals surface area contributed by atoms with Gasteiger partial charge in [0.25, 0.3) is 5.91 Å². The Balaban J connectivity index is 1.86. The van der Waals surface area contributed by atoms with Gasteiger partial charge in [0, 0.05) is 16.8 Å². The van der Waals surface area contributed by atoms with Crippen molar-refractivity contribution in [3.05, 3.63) is 48.3 Å². The van der Waals surface area contributed by atoms with Gasteiger partial charge in [-0.25, -0.2) is 4.39 Å². The second-order valence-corrected chi connectivity index (χ2v) is 8.87. The quantitative estimate of drug-likeness (QED) is 0.523. The third-order valence-corrected chi connectivity index (χ3v) is 5.01.